The van der Waals surface area contributed by atoms with Gasteiger partial charge in [0.05, 0.1) is 22.6 Å². The Bertz CT molecular complexity index is 980. The Kier molecular flexibility index (Phi) is 5.81. The van der Waals surface area contributed by atoms with Crippen LogP contribution in [0.25, 0.3) is 11.3 Å². The molecule has 1 aromatic heterocycles. The number of carbonyl (C=O) groups is 1. The van der Waals surface area contributed by atoms with Gasteiger partial charge in [-0.2, -0.15) is 8.78 Å². The molecule has 0 saturated heterocycles. The van der Waals surface area contributed by atoms with Crippen molar-refractivity contribution in [1.82, 2.24) is 4.98 Å². The summed E-state index contributed by atoms with van der Waals surface area (Å²) in [5, 5.41) is 2.60. The molecule has 4 nitrogen and oxygen atoms in total. The Labute approximate surface area is 163 Å². The number of nitrogens with one attached hydrogen (secondary N) is 1. The fourth-order valence-electron chi connectivity index (χ4n) is 2.57. The number of aryl methyl sites for hydroxylation is 1. The van der Waals surface area contributed by atoms with E-state index in [4.69, 9.17) is 0 Å². The van der Waals surface area contributed by atoms with E-state index in [1.807, 2.05) is 24.3 Å². The molecule has 27 heavy (non-hydrogen) atoms. The van der Waals surface area contributed by atoms with Crippen LogP contribution in [0.2, 0.25) is 0 Å². The predicted octanol–water partition coefficient (Wildman–Crippen LogP) is 5.67. The largest absolute Gasteiger partial charge is 0.433 e. The Morgan fingerprint density at radius 2 is 1.89 bits per heavy atom. The molecule has 0 aliphatic rings. The number of rotatable bonds is 5. The van der Waals surface area contributed by atoms with E-state index in [-0.39, 0.29) is 11.4 Å². The van der Waals surface area contributed by atoms with Crippen molar-refractivity contribution in [2.75, 3.05) is 5.32 Å². The predicted molar refractivity (Wildman–Crippen MR) is 103 cm³/mol. The number of alkyl halides is 2. The zero-order valence-electron chi connectivity index (χ0n) is 14.2. The molecule has 0 radical (unpaired) electrons. The normalized spacial score (nSPS) is 10.7. The van der Waals surface area contributed by atoms with E-state index in [0.29, 0.717) is 11.3 Å². The summed E-state index contributed by atoms with van der Waals surface area (Å²) in [7, 11) is 0. The van der Waals surface area contributed by atoms with Gasteiger partial charge >= 0.3 is 6.61 Å². The molecule has 0 spiro atoms. The van der Waals surface area contributed by atoms with Gasteiger partial charge < -0.3 is 10.1 Å². The number of hydrogen-bond donors (Lipinski definition) is 1. The molecule has 2 aromatic carbocycles. The van der Waals surface area contributed by atoms with E-state index < -0.39 is 12.5 Å². The molecule has 0 bridgehead atoms. The highest BCUT2D eigenvalue weighted by Crippen LogP contribution is 2.27. The van der Waals surface area contributed by atoms with Crippen LogP contribution in [0.4, 0.5) is 14.5 Å². The molecule has 0 atom stereocenters. The molecule has 138 valence electrons. The zero-order valence-corrected chi connectivity index (χ0v) is 15.8. The van der Waals surface area contributed by atoms with Crippen molar-refractivity contribution in [2.24, 2.45) is 0 Å². The summed E-state index contributed by atoms with van der Waals surface area (Å²) >= 11 is 3.42. The summed E-state index contributed by atoms with van der Waals surface area (Å²) in [6.45, 7) is -1.26. The van der Waals surface area contributed by atoms with Crippen LogP contribution in [0.1, 0.15) is 16.1 Å². The van der Waals surface area contributed by atoms with Crippen LogP contribution in [-0.2, 0) is 0 Å². The van der Waals surface area contributed by atoms with Gasteiger partial charge in [-0.05, 0) is 43.3 Å². The third kappa shape index (κ3) is 4.68. The van der Waals surface area contributed by atoms with Crippen molar-refractivity contribution in [3.8, 4) is 17.0 Å². The maximum absolute atomic E-state index is 12.6. The topological polar surface area (TPSA) is 51.2 Å². The van der Waals surface area contributed by atoms with Crippen molar-refractivity contribution in [2.45, 2.75) is 13.5 Å². The Morgan fingerprint density at radius 1 is 1.11 bits per heavy atom. The van der Waals surface area contributed by atoms with Crippen LogP contribution in [0.15, 0.2) is 65.1 Å². The van der Waals surface area contributed by atoms with Crippen LogP contribution in [0, 0.1) is 6.92 Å². The van der Waals surface area contributed by atoms with Gasteiger partial charge in [-0.3, -0.25) is 9.78 Å². The maximum Gasteiger partial charge on any atom is 0.387 e. The molecular weight excluding hydrogens is 418 g/mol. The van der Waals surface area contributed by atoms with Crippen molar-refractivity contribution in [3.05, 3.63) is 76.4 Å². The first-order valence-electron chi connectivity index (χ1n) is 8.03. The molecule has 0 aliphatic carbocycles. The fourth-order valence-corrected chi connectivity index (χ4v) is 2.97. The second-order valence-corrected chi connectivity index (χ2v) is 6.58. The molecular formula is C20H15BrF2N2O2. The van der Waals surface area contributed by atoms with E-state index in [1.54, 1.807) is 31.2 Å². The number of anilines is 1. The van der Waals surface area contributed by atoms with Crippen molar-refractivity contribution >= 4 is 27.5 Å². The van der Waals surface area contributed by atoms with Crippen LogP contribution >= 0.6 is 15.9 Å². The lowest BCUT2D eigenvalue weighted by Gasteiger charge is -2.13. The average molecular weight is 433 g/mol. The minimum atomic E-state index is -2.98. The van der Waals surface area contributed by atoms with Gasteiger partial charge in [-0.25, -0.2) is 0 Å². The van der Waals surface area contributed by atoms with E-state index in [9.17, 15) is 13.6 Å². The lowest BCUT2D eigenvalue weighted by molar-refractivity contribution is -0.0493. The van der Waals surface area contributed by atoms with Crippen LogP contribution in [0.5, 0.6) is 5.75 Å². The third-order valence-electron chi connectivity index (χ3n) is 3.80. The molecule has 0 saturated carbocycles. The molecule has 0 aliphatic heterocycles. The highest BCUT2D eigenvalue weighted by Gasteiger charge is 2.15. The lowest BCUT2D eigenvalue weighted by atomic mass is 10.1. The standard InChI is InChI=1S/C20H15BrF2N2O2/c1-12-15(9-10-16(24-12)13-5-4-6-14(21)11-13)19(26)25-17-7-2-3-8-18(17)27-20(22)23/h2-11,20H,1H3,(H,25,26). The van der Waals surface area contributed by atoms with Crippen molar-refractivity contribution < 1.29 is 18.3 Å². The minimum absolute atomic E-state index is 0.0998. The number of halogens is 3. The number of hydrogen-bond acceptors (Lipinski definition) is 3. The quantitative estimate of drug-likeness (QED) is 0.564. The van der Waals surface area contributed by atoms with E-state index in [1.165, 1.54) is 12.1 Å². The second-order valence-electron chi connectivity index (χ2n) is 5.67. The number of ether oxygens (including phenoxy) is 1. The van der Waals surface area contributed by atoms with Gasteiger partial charge in [0, 0.05) is 10.0 Å². The number of carbonyl (C=O) groups excluding carboxylic acids is 1. The average Bonchev–Trinajstić information content (AvgIpc) is 2.62. The van der Waals surface area contributed by atoms with Crippen molar-refractivity contribution in [1.29, 1.82) is 0 Å². The van der Waals surface area contributed by atoms with Crippen LogP contribution in [0.3, 0.4) is 0 Å². The van der Waals surface area contributed by atoms with E-state index >= 15 is 0 Å². The summed E-state index contributed by atoms with van der Waals surface area (Å²) in [6, 6.07) is 17.1. The summed E-state index contributed by atoms with van der Waals surface area (Å²) in [5.41, 5.74) is 2.68. The van der Waals surface area contributed by atoms with Crippen molar-refractivity contribution in [3.63, 3.8) is 0 Å². The number of benzene rings is 2. The van der Waals surface area contributed by atoms with Crippen LogP contribution in [-0.4, -0.2) is 17.5 Å². The number of para-hydroxylation sites is 2. The minimum Gasteiger partial charge on any atom is -0.433 e. The van der Waals surface area contributed by atoms with Gasteiger partial charge in [0.2, 0.25) is 0 Å². The lowest BCUT2D eigenvalue weighted by Crippen LogP contribution is -2.15. The summed E-state index contributed by atoms with van der Waals surface area (Å²) in [6.07, 6.45) is 0. The molecule has 0 fully saturated rings. The summed E-state index contributed by atoms with van der Waals surface area (Å²) in [4.78, 5) is 17.1. The SMILES string of the molecule is Cc1nc(-c2cccc(Br)c2)ccc1C(=O)Nc1ccccc1OC(F)F. The smallest absolute Gasteiger partial charge is 0.387 e. The van der Waals surface area contributed by atoms with Gasteiger partial charge in [-0.1, -0.05) is 40.2 Å². The first kappa shape index (κ1) is 19.0. The number of nitrogens with zero attached hydrogens (tertiary/aromatic N) is 1. The fraction of sp³-hybridized carbons (Fsp3) is 0.100. The number of aromatic nitrogens is 1. The zero-order chi connectivity index (χ0) is 19.4. The Balaban J connectivity index is 1.84. The monoisotopic (exact) mass is 432 g/mol. The molecule has 7 heteroatoms. The van der Waals surface area contributed by atoms with E-state index in [2.05, 4.69) is 31.0 Å². The van der Waals surface area contributed by atoms with Gasteiger partial charge in [-0.15, -0.1) is 0 Å². The molecule has 0 unspecified atom stereocenters. The molecule has 3 rings (SSSR count). The molecule has 1 N–H and O–H groups in total. The van der Waals surface area contributed by atoms with Gasteiger partial charge in [0.15, 0.2) is 0 Å². The highest BCUT2D eigenvalue weighted by molar-refractivity contribution is 9.10. The first-order chi connectivity index (χ1) is 12.9. The third-order valence-corrected chi connectivity index (χ3v) is 4.30. The van der Waals surface area contributed by atoms with Crippen LogP contribution < -0.4 is 10.1 Å². The number of amides is 1. The first-order valence-corrected chi connectivity index (χ1v) is 8.82. The maximum atomic E-state index is 12.6. The summed E-state index contributed by atoms with van der Waals surface area (Å²) < 4.78 is 30.4. The molecule has 1 heterocycles. The second kappa shape index (κ2) is 8.26. The highest BCUT2D eigenvalue weighted by atomic mass is 79.9. The summed E-state index contributed by atoms with van der Waals surface area (Å²) in [5.74, 6) is -0.552. The molecule has 3 aromatic rings. The van der Waals surface area contributed by atoms with Gasteiger partial charge in [0.1, 0.15) is 5.75 Å². The number of pyridine rings is 1. The van der Waals surface area contributed by atoms with E-state index in [0.717, 1.165) is 15.7 Å². The molecule has 1 amide bonds. The Hall–Kier alpha value is -2.80. The Morgan fingerprint density at radius 3 is 2.59 bits per heavy atom. The van der Waals surface area contributed by atoms with Gasteiger partial charge in [0.25, 0.3) is 5.91 Å².